The van der Waals surface area contributed by atoms with Crippen molar-refractivity contribution in [1.29, 1.82) is 0 Å². The van der Waals surface area contributed by atoms with E-state index in [9.17, 15) is 0 Å². The summed E-state index contributed by atoms with van der Waals surface area (Å²) in [6.07, 6.45) is 22.6. The number of hydrogen-bond acceptors (Lipinski definition) is 2. The Labute approximate surface area is 126 Å². The molecule has 20 heavy (non-hydrogen) atoms. The third kappa shape index (κ3) is 10.3. The van der Waals surface area contributed by atoms with Gasteiger partial charge >= 0.3 is 0 Å². The molecule has 0 radical (unpaired) electrons. The summed E-state index contributed by atoms with van der Waals surface area (Å²) in [5.41, 5.74) is 1.03. The van der Waals surface area contributed by atoms with Gasteiger partial charge in [-0.05, 0) is 25.7 Å². The van der Waals surface area contributed by atoms with E-state index in [0.29, 0.717) is 0 Å². The molecular formula is C18H35NO. The van der Waals surface area contributed by atoms with Crippen LogP contribution in [-0.4, -0.2) is 10.9 Å². The lowest BCUT2D eigenvalue weighted by Crippen LogP contribution is -1.99. The van der Waals surface area contributed by atoms with Gasteiger partial charge in [0, 0.05) is 0 Å². The molecule has 1 rings (SSSR count). The van der Waals surface area contributed by atoms with Crippen LogP contribution in [0.5, 0.6) is 0 Å². The average molecular weight is 281 g/mol. The van der Waals surface area contributed by atoms with E-state index in [0.717, 1.165) is 18.6 Å². The number of rotatable bonds is 0. The highest BCUT2D eigenvalue weighted by Gasteiger charge is 2.02. The van der Waals surface area contributed by atoms with Crippen molar-refractivity contribution in [3.63, 3.8) is 0 Å². The fraction of sp³-hybridized carbons (Fsp3) is 0.944. The van der Waals surface area contributed by atoms with Crippen molar-refractivity contribution in [2.24, 2.45) is 5.16 Å². The molecule has 118 valence electrons. The normalized spacial score (nSPS) is 22.7. The second kappa shape index (κ2) is 13.5. The van der Waals surface area contributed by atoms with Gasteiger partial charge < -0.3 is 5.21 Å². The predicted molar refractivity (Wildman–Crippen MR) is 87.7 cm³/mol. The summed E-state index contributed by atoms with van der Waals surface area (Å²) >= 11 is 0. The highest BCUT2D eigenvalue weighted by atomic mass is 16.4. The van der Waals surface area contributed by atoms with E-state index in [4.69, 9.17) is 5.21 Å². The second-order valence-corrected chi connectivity index (χ2v) is 6.47. The lowest BCUT2D eigenvalue weighted by Gasteiger charge is -2.07. The van der Waals surface area contributed by atoms with Crippen LogP contribution in [0.1, 0.15) is 109 Å². The van der Waals surface area contributed by atoms with Crippen LogP contribution in [0.25, 0.3) is 0 Å². The van der Waals surface area contributed by atoms with Crippen LogP contribution in [0, 0.1) is 0 Å². The van der Waals surface area contributed by atoms with E-state index in [1.165, 1.54) is 96.3 Å². The van der Waals surface area contributed by atoms with E-state index in [1.807, 2.05) is 0 Å². The van der Waals surface area contributed by atoms with Crippen LogP contribution in [0.3, 0.4) is 0 Å². The Morgan fingerprint density at radius 3 is 0.950 bits per heavy atom. The minimum absolute atomic E-state index is 1.01. The first-order valence-electron chi connectivity index (χ1n) is 9.13. The van der Waals surface area contributed by atoms with Gasteiger partial charge in [0.15, 0.2) is 0 Å². The summed E-state index contributed by atoms with van der Waals surface area (Å²) in [4.78, 5) is 0. The molecule has 1 N–H and O–H groups in total. The van der Waals surface area contributed by atoms with E-state index in [1.54, 1.807) is 0 Å². The molecule has 1 fully saturated rings. The Morgan fingerprint density at radius 2 is 0.700 bits per heavy atom. The molecule has 0 atom stereocenters. The zero-order chi connectivity index (χ0) is 14.3. The van der Waals surface area contributed by atoms with Crippen LogP contribution in [0.4, 0.5) is 0 Å². The molecule has 0 aromatic carbocycles. The highest BCUT2D eigenvalue weighted by Crippen LogP contribution is 2.16. The number of hydrogen-bond donors (Lipinski definition) is 1. The van der Waals surface area contributed by atoms with E-state index in [-0.39, 0.29) is 0 Å². The maximum atomic E-state index is 9.04. The third-order valence-corrected chi connectivity index (χ3v) is 4.57. The van der Waals surface area contributed by atoms with Gasteiger partial charge in [0.05, 0.1) is 5.71 Å². The maximum Gasteiger partial charge on any atom is 0.0570 e. The first-order chi connectivity index (χ1) is 9.93. The summed E-state index contributed by atoms with van der Waals surface area (Å²) in [5, 5.41) is 12.5. The topological polar surface area (TPSA) is 32.6 Å². The molecule has 0 aromatic rings. The Balaban J connectivity index is 2.18. The molecule has 0 bridgehead atoms. The molecule has 0 aliphatic heterocycles. The molecular weight excluding hydrogens is 246 g/mol. The quantitative estimate of drug-likeness (QED) is 0.401. The van der Waals surface area contributed by atoms with Gasteiger partial charge in [-0.25, -0.2) is 0 Å². The van der Waals surface area contributed by atoms with Crippen molar-refractivity contribution >= 4 is 5.71 Å². The van der Waals surface area contributed by atoms with Crippen LogP contribution in [0.15, 0.2) is 5.16 Å². The molecule has 0 amide bonds. The molecule has 2 nitrogen and oxygen atoms in total. The molecule has 0 unspecified atom stereocenters. The minimum Gasteiger partial charge on any atom is -0.411 e. The highest BCUT2D eigenvalue weighted by molar-refractivity contribution is 5.83. The van der Waals surface area contributed by atoms with E-state index >= 15 is 0 Å². The monoisotopic (exact) mass is 281 g/mol. The Morgan fingerprint density at radius 1 is 0.450 bits per heavy atom. The average Bonchev–Trinajstić information content (AvgIpc) is 2.47. The van der Waals surface area contributed by atoms with Crippen LogP contribution >= 0.6 is 0 Å². The van der Waals surface area contributed by atoms with Crippen molar-refractivity contribution in [1.82, 2.24) is 0 Å². The van der Waals surface area contributed by atoms with Gasteiger partial charge in [-0.1, -0.05) is 88.6 Å². The molecule has 0 aromatic heterocycles. The van der Waals surface area contributed by atoms with Crippen molar-refractivity contribution < 1.29 is 5.21 Å². The minimum atomic E-state index is 1.01. The van der Waals surface area contributed by atoms with Gasteiger partial charge in [-0.3, -0.25) is 0 Å². The fourth-order valence-corrected chi connectivity index (χ4v) is 3.18. The molecule has 2 heteroatoms. The second-order valence-electron chi connectivity index (χ2n) is 6.47. The first-order valence-corrected chi connectivity index (χ1v) is 9.13. The summed E-state index contributed by atoms with van der Waals surface area (Å²) in [7, 11) is 0. The SMILES string of the molecule is ON=C1CCCCCCCCCCCCCCCCC1. The van der Waals surface area contributed by atoms with Crippen molar-refractivity contribution in [2.75, 3.05) is 0 Å². The lowest BCUT2D eigenvalue weighted by molar-refractivity contribution is 0.315. The largest absolute Gasteiger partial charge is 0.411 e. The Hall–Kier alpha value is -0.530. The van der Waals surface area contributed by atoms with Gasteiger partial charge in [0.1, 0.15) is 0 Å². The van der Waals surface area contributed by atoms with Crippen LogP contribution in [0.2, 0.25) is 0 Å². The first kappa shape index (κ1) is 17.5. The molecule has 0 saturated heterocycles. The van der Waals surface area contributed by atoms with E-state index < -0.39 is 0 Å². The number of oxime groups is 1. The fourth-order valence-electron chi connectivity index (χ4n) is 3.18. The third-order valence-electron chi connectivity index (χ3n) is 4.57. The molecule has 1 aliphatic rings. The standard InChI is InChI=1S/C18H35NO/c20-19-18-16-14-12-10-8-6-4-2-1-3-5-7-9-11-13-15-17-18/h20H,1-17H2. The Kier molecular flexibility index (Phi) is 11.8. The van der Waals surface area contributed by atoms with Crippen LogP contribution < -0.4 is 0 Å². The van der Waals surface area contributed by atoms with E-state index in [2.05, 4.69) is 5.16 Å². The molecule has 0 heterocycles. The van der Waals surface area contributed by atoms with Gasteiger partial charge in [-0.2, -0.15) is 0 Å². The summed E-state index contributed by atoms with van der Waals surface area (Å²) in [6, 6.07) is 0. The summed E-state index contributed by atoms with van der Waals surface area (Å²) < 4.78 is 0. The van der Waals surface area contributed by atoms with Crippen molar-refractivity contribution in [3.8, 4) is 0 Å². The zero-order valence-electron chi connectivity index (χ0n) is 13.4. The van der Waals surface area contributed by atoms with Crippen molar-refractivity contribution in [2.45, 2.75) is 109 Å². The lowest BCUT2D eigenvalue weighted by atomic mass is 10.0. The maximum absolute atomic E-state index is 9.04. The van der Waals surface area contributed by atoms with Crippen molar-refractivity contribution in [3.05, 3.63) is 0 Å². The van der Waals surface area contributed by atoms with Gasteiger partial charge in [-0.15, -0.1) is 0 Å². The van der Waals surface area contributed by atoms with Gasteiger partial charge in [0.2, 0.25) is 0 Å². The zero-order valence-corrected chi connectivity index (χ0v) is 13.4. The number of nitrogens with zero attached hydrogens (tertiary/aromatic N) is 1. The summed E-state index contributed by atoms with van der Waals surface area (Å²) in [5.74, 6) is 0. The van der Waals surface area contributed by atoms with Gasteiger partial charge in [0.25, 0.3) is 0 Å². The molecule has 0 spiro atoms. The smallest absolute Gasteiger partial charge is 0.0570 e. The molecule has 1 aliphatic carbocycles. The summed E-state index contributed by atoms with van der Waals surface area (Å²) in [6.45, 7) is 0. The van der Waals surface area contributed by atoms with Crippen LogP contribution in [-0.2, 0) is 0 Å². The molecule has 1 saturated carbocycles. The Bertz CT molecular complexity index is 218. The predicted octanol–water partition coefficient (Wildman–Crippen LogP) is 6.46.